The third-order valence-electron chi connectivity index (χ3n) is 9.64. The third kappa shape index (κ3) is 5.03. The molecule has 5 aromatic heterocycles. The zero-order valence-electron chi connectivity index (χ0n) is 27.4. The van der Waals surface area contributed by atoms with Crippen molar-refractivity contribution in [1.29, 1.82) is 0 Å². The van der Waals surface area contributed by atoms with Crippen molar-refractivity contribution in [2.24, 2.45) is 0 Å². The number of fused-ring (bicyclic) bond motifs is 7. The lowest BCUT2D eigenvalue weighted by atomic mass is 9.95. The van der Waals surface area contributed by atoms with Gasteiger partial charge in [-0.25, -0.2) is 9.97 Å². The third-order valence-corrected chi connectivity index (χ3v) is 9.64. The second-order valence-electron chi connectivity index (χ2n) is 12.7. The van der Waals surface area contributed by atoms with Gasteiger partial charge in [-0.15, -0.1) is 0 Å². The van der Waals surface area contributed by atoms with Crippen LogP contribution in [0.3, 0.4) is 0 Å². The van der Waals surface area contributed by atoms with Crippen LogP contribution in [0.15, 0.2) is 175 Å². The summed E-state index contributed by atoms with van der Waals surface area (Å²) in [7, 11) is 0. The van der Waals surface area contributed by atoms with E-state index in [0.717, 1.165) is 99.6 Å². The highest BCUT2D eigenvalue weighted by atomic mass is 16.3. The molecule has 0 unspecified atom stereocenters. The van der Waals surface area contributed by atoms with Gasteiger partial charge < -0.3 is 4.42 Å². The van der Waals surface area contributed by atoms with Gasteiger partial charge in [-0.1, -0.05) is 84.9 Å². The number of hydrogen-bond acceptors (Lipinski definition) is 5. The molecule has 0 aliphatic rings. The predicted molar refractivity (Wildman–Crippen MR) is 207 cm³/mol. The molecule has 0 saturated carbocycles. The van der Waals surface area contributed by atoms with Gasteiger partial charge in [0.25, 0.3) is 0 Å². The van der Waals surface area contributed by atoms with Gasteiger partial charge >= 0.3 is 0 Å². The van der Waals surface area contributed by atoms with Gasteiger partial charge in [0.05, 0.1) is 22.6 Å². The number of aromatic nitrogens is 4. The number of furan rings is 1. The first-order valence-electron chi connectivity index (χ1n) is 16.9. The summed E-state index contributed by atoms with van der Waals surface area (Å²) in [5.41, 5.74) is 12.8. The number of nitrogens with zero attached hydrogens (tertiary/aromatic N) is 4. The average Bonchev–Trinajstić information content (AvgIpc) is 3.60. The van der Waals surface area contributed by atoms with Gasteiger partial charge in [-0.2, -0.15) is 0 Å². The lowest BCUT2D eigenvalue weighted by molar-refractivity contribution is 0.673. The molecule has 0 saturated heterocycles. The van der Waals surface area contributed by atoms with E-state index in [2.05, 4.69) is 113 Å². The molecule has 0 atom stereocenters. The summed E-state index contributed by atoms with van der Waals surface area (Å²) in [4.78, 5) is 18.9. The summed E-state index contributed by atoms with van der Waals surface area (Å²) < 4.78 is 6.52. The zero-order valence-corrected chi connectivity index (χ0v) is 27.4. The van der Waals surface area contributed by atoms with Crippen LogP contribution in [-0.4, -0.2) is 19.9 Å². The summed E-state index contributed by atoms with van der Waals surface area (Å²) in [6.07, 6.45) is 7.26. The summed E-state index contributed by atoms with van der Waals surface area (Å²) in [5, 5.41) is 5.49. The number of rotatable bonds is 5. The molecule has 5 heterocycles. The number of benzene rings is 5. The smallest absolute Gasteiger partial charge is 0.144 e. The first-order valence-corrected chi connectivity index (χ1v) is 16.9. The quantitative estimate of drug-likeness (QED) is 0.173. The minimum atomic E-state index is 0.865. The van der Waals surface area contributed by atoms with Gasteiger partial charge in [0.1, 0.15) is 11.2 Å². The Morgan fingerprint density at radius 3 is 1.75 bits per heavy atom. The topological polar surface area (TPSA) is 64.7 Å². The minimum absolute atomic E-state index is 0.865. The molecule has 51 heavy (non-hydrogen) atoms. The molecule has 0 N–H and O–H groups in total. The zero-order chi connectivity index (χ0) is 33.7. The van der Waals surface area contributed by atoms with E-state index in [4.69, 9.17) is 14.4 Å². The van der Waals surface area contributed by atoms with E-state index in [1.165, 1.54) is 0 Å². The highest BCUT2D eigenvalue weighted by Crippen LogP contribution is 2.41. The lowest BCUT2D eigenvalue weighted by Crippen LogP contribution is -1.92. The summed E-state index contributed by atoms with van der Waals surface area (Å²) in [6.45, 7) is 0. The molecule has 0 radical (unpaired) electrons. The van der Waals surface area contributed by atoms with Crippen molar-refractivity contribution in [3.63, 3.8) is 0 Å². The number of pyridine rings is 4. The van der Waals surface area contributed by atoms with Crippen molar-refractivity contribution in [2.75, 3.05) is 0 Å². The standard InChI is InChI=1S/C46H28N4O/c1-3-14-40-38(13-1)44-39(21-20-37-36-12-2-4-15-43(36)51-46(37)44)45(50-40)30-18-16-29(17-19-30)31-8-5-9-32(24-31)35-25-41(33-10-6-22-47-27-33)49-42(26-35)34-11-7-23-48-28-34/h1-28H. The molecule has 5 aromatic carbocycles. The van der Waals surface area contributed by atoms with Crippen LogP contribution in [0.2, 0.25) is 0 Å². The van der Waals surface area contributed by atoms with Crippen LogP contribution in [0.1, 0.15) is 0 Å². The highest BCUT2D eigenvalue weighted by molar-refractivity contribution is 6.24. The van der Waals surface area contributed by atoms with Crippen LogP contribution in [0.4, 0.5) is 0 Å². The Morgan fingerprint density at radius 2 is 1.02 bits per heavy atom. The van der Waals surface area contributed by atoms with Gasteiger partial charge in [0, 0.05) is 68.4 Å². The van der Waals surface area contributed by atoms with Crippen LogP contribution < -0.4 is 0 Å². The maximum absolute atomic E-state index is 6.52. The minimum Gasteiger partial charge on any atom is -0.455 e. The summed E-state index contributed by atoms with van der Waals surface area (Å²) in [5.74, 6) is 0. The van der Waals surface area contributed by atoms with Crippen molar-refractivity contribution in [2.45, 2.75) is 0 Å². The Balaban J connectivity index is 1.07. The van der Waals surface area contributed by atoms with Crippen LogP contribution >= 0.6 is 0 Å². The molecular formula is C46H28N4O. The Labute approximate surface area is 293 Å². The molecule has 5 nitrogen and oxygen atoms in total. The number of hydrogen-bond donors (Lipinski definition) is 0. The normalized spacial score (nSPS) is 11.5. The lowest BCUT2D eigenvalue weighted by Gasteiger charge is -2.12. The second-order valence-corrected chi connectivity index (χ2v) is 12.7. The Kier molecular flexibility index (Phi) is 6.74. The maximum Gasteiger partial charge on any atom is 0.144 e. The first-order chi connectivity index (χ1) is 25.3. The Bertz CT molecular complexity index is 2840. The van der Waals surface area contributed by atoms with Gasteiger partial charge in [-0.3, -0.25) is 9.97 Å². The van der Waals surface area contributed by atoms with Crippen LogP contribution in [0.25, 0.3) is 99.6 Å². The molecule has 238 valence electrons. The molecular weight excluding hydrogens is 625 g/mol. The second kappa shape index (κ2) is 11.9. The molecule has 0 aliphatic carbocycles. The van der Waals surface area contributed by atoms with Gasteiger partial charge in [0.2, 0.25) is 0 Å². The fourth-order valence-corrected chi connectivity index (χ4v) is 7.16. The summed E-state index contributed by atoms with van der Waals surface area (Å²) >= 11 is 0. The van der Waals surface area contributed by atoms with Crippen molar-refractivity contribution in [3.8, 4) is 56.0 Å². The highest BCUT2D eigenvalue weighted by Gasteiger charge is 2.17. The average molecular weight is 653 g/mol. The van der Waals surface area contributed by atoms with Crippen LogP contribution in [0.5, 0.6) is 0 Å². The van der Waals surface area contributed by atoms with E-state index in [0.29, 0.717) is 0 Å². The van der Waals surface area contributed by atoms with Crippen molar-refractivity contribution >= 4 is 43.6 Å². The SMILES string of the molecule is c1cc(-c2ccc(-c3nc4ccccc4c4c3ccc3c5ccccc5oc34)cc2)cc(-c2cc(-c3cccnc3)nc(-c3cccnc3)c2)c1. The summed E-state index contributed by atoms with van der Waals surface area (Å²) in [6, 6.07) is 50.5. The first kappa shape index (κ1) is 29.0. The molecule has 0 aliphatic heterocycles. The van der Waals surface area contributed by atoms with E-state index in [1.807, 2.05) is 54.9 Å². The van der Waals surface area contributed by atoms with Crippen molar-refractivity contribution in [3.05, 3.63) is 170 Å². The largest absolute Gasteiger partial charge is 0.455 e. The van der Waals surface area contributed by atoms with E-state index >= 15 is 0 Å². The number of para-hydroxylation sites is 2. The monoisotopic (exact) mass is 652 g/mol. The van der Waals surface area contributed by atoms with E-state index in [-0.39, 0.29) is 0 Å². The van der Waals surface area contributed by atoms with Gasteiger partial charge in [-0.05, 0) is 82.9 Å². The Hall–Kier alpha value is -6.98. The van der Waals surface area contributed by atoms with Gasteiger partial charge in [0.15, 0.2) is 0 Å². The van der Waals surface area contributed by atoms with E-state index < -0.39 is 0 Å². The Morgan fingerprint density at radius 1 is 0.392 bits per heavy atom. The van der Waals surface area contributed by atoms with E-state index in [1.54, 1.807) is 12.4 Å². The molecule has 0 fully saturated rings. The molecule has 0 spiro atoms. The molecule has 10 rings (SSSR count). The van der Waals surface area contributed by atoms with Crippen LogP contribution in [-0.2, 0) is 0 Å². The maximum atomic E-state index is 6.52. The predicted octanol–water partition coefficient (Wildman–Crippen LogP) is 11.8. The molecule has 10 aromatic rings. The molecule has 0 bridgehead atoms. The molecule has 5 heteroatoms. The van der Waals surface area contributed by atoms with Crippen molar-refractivity contribution in [1.82, 2.24) is 19.9 Å². The molecule has 0 amide bonds. The van der Waals surface area contributed by atoms with Crippen LogP contribution in [0, 0.1) is 0 Å². The fourth-order valence-electron chi connectivity index (χ4n) is 7.16. The van der Waals surface area contributed by atoms with E-state index in [9.17, 15) is 0 Å². The van der Waals surface area contributed by atoms with Crippen molar-refractivity contribution < 1.29 is 4.42 Å². The fraction of sp³-hybridized carbons (Fsp3) is 0.